The zero-order valence-corrected chi connectivity index (χ0v) is 6.64. The van der Waals surface area contributed by atoms with E-state index in [0.717, 1.165) is 19.6 Å². The molecule has 0 radical (unpaired) electrons. The fourth-order valence-electron chi connectivity index (χ4n) is 1.10. The van der Waals surface area contributed by atoms with Crippen LogP contribution in [0.15, 0.2) is 0 Å². The Morgan fingerprint density at radius 2 is 2.00 bits per heavy atom. The molecule has 0 aromatic carbocycles. The Bertz CT molecular complexity index is 93.8. The first-order valence-electron chi connectivity index (χ1n) is 3.67. The lowest BCUT2D eigenvalue weighted by atomic mass is 9.98. The lowest BCUT2D eigenvalue weighted by molar-refractivity contribution is -0.143. The number of hydrogen-bond donors (Lipinski definition) is 1. The third-order valence-electron chi connectivity index (χ3n) is 2.13. The van der Waals surface area contributed by atoms with Gasteiger partial charge >= 0.3 is 0 Å². The van der Waals surface area contributed by atoms with Crippen molar-refractivity contribution < 1.29 is 9.47 Å². The Hall–Kier alpha value is -0.120. The highest BCUT2D eigenvalue weighted by molar-refractivity contribution is 4.86. The van der Waals surface area contributed by atoms with E-state index in [1.165, 1.54) is 0 Å². The van der Waals surface area contributed by atoms with Gasteiger partial charge in [-0.25, -0.2) is 0 Å². The highest BCUT2D eigenvalue weighted by Crippen LogP contribution is 2.14. The Morgan fingerprint density at radius 3 is 2.30 bits per heavy atom. The van der Waals surface area contributed by atoms with Gasteiger partial charge in [-0.05, 0) is 13.5 Å². The van der Waals surface area contributed by atoms with E-state index < -0.39 is 0 Å². The van der Waals surface area contributed by atoms with Crippen LogP contribution in [0.3, 0.4) is 0 Å². The molecule has 1 rings (SSSR count). The van der Waals surface area contributed by atoms with Gasteiger partial charge in [-0.15, -0.1) is 0 Å². The smallest absolute Gasteiger partial charge is 0.146 e. The zero-order chi connectivity index (χ0) is 7.45. The largest absolute Gasteiger partial charge is 0.353 e. The predicted octanol–water partition coefficient (Wildman–Crippen LogP) is 0.359. The monoisotopic (exact) mass is 145 g/mol. The van der Waals surface area contributed by atoms with Gasteiger partial charge < -0.3 is 14.8 Å². The van der Waals surface area contributed by atoms with Gasteiger partial charge in [-0.1, -0.05) is 6.92 Å². The summed E-state index contributed by atoms with van der Waals surface area (Å²) < 4.78 is 10.4. The average Bonchev–Trinajstić information content (AvgIpc) is 2.06. The summed E-state index contributed by atoms with van der Waals surface area (Å²) in [6, 6.07) is 0. The fraction of sp³-hybridized carbons (Fsp3) is 1.00. The van der Waals surface area contributed by atoms with Crippen LogP contribution in [0.1, 0.15) is 13.3 Å². The Kier molecular flexibility index (Phi) is 2.65. The first-order chi connectivity index (χ1) is 4.83. The van der Waals surface area contributed by atoms with E-state index in [4.69, 9.17) is 9.47 Å². The van der Waals surface area contributed by atoms with Crippen LogP contribution in [-0.2, 0) is 9.47 Å². The minimum absolute atomic E-state index is 0.0677. The molecule has 0 aromatic heterocycles. The SMILES string of the molecule is CCC1(NC)COCOC1. The summed E-state index contributed by atoms with van der Waals surface area (Å²) in [6.45, 7) is 4.11. The molecule has 1 aliphatic rings. The molecular weight excluding hydrogens is 130 g/mol. The van der Waals surface area contributed by atoms with Gasteiger partial charge in [-0.2, -0.15) is 0 Å². The maximum absolute atomic E-state index is 5.18. The van der Waals surface area contributed by atoms with E-state index in [2.05, 4.69) is 12.2 Å². The van der Waals surface area contributed by atoms with Crippen molar-refractivity contribution in [1.82, 2.24) is 5.32 Å². The minimum atomic E-state index is 0.0677. The highest BCUT2D eigenvalue weighted by Gasteiger charge is 2.29. The summed E-state index contributed by atoms with van der Waals surface area (Å²) in [7, 11) is 1.95. The molecule has 0 bridgehead atoms. The number of hydrogen-bond acceptors (Lipinski definition) is 3. The summed E-state index contributed by atoms with van der Waals surface area (Å²) in [6.07, 6.45) is 1.05. The second-order valence-corrected chi connectivity index (χ2v) is 2.70. The van der Waals surface area contributed by atoms with Crippen molar-refractivity contribution in [3.8, 4) is 0 Å². The van der Waals surface area contributed by atoms with E-state index in [-0.39, 0.29) is 5.54 Å². The molecule has 0 aromatic rings. The van der Waals surface area contributed by atoms with Crippen LogP contribution in [0.5, 0.6) is 0 Å². The topological polar surface area (TPSA) is 30.5 Å². The molecule has 3 nitrogen and oxygen atoms in total. The number of likely N-dealkylation sites (N-methyl/N-ethyl adjacent to an activating group) is 1. The van der Waals surface area contributed by atoms with Crippen molar-refractivity contribution in [3.63, 3.8) is 0 Å². The molecule has 0 atom stereocenters. The van der Waals surface area contributed by atoms with E-state index in [9.17, 15) is 0 Å². The van der Waals surface area contributed by atoms with Crippen molar-refractivity contribution in [2.45, 2.75) is 18.9 Å². The Labute approximate surface area is 61.7 Å². The maximum atomic E-state index is 5.18. The van der Waals surface area contributed by atoms with Gasteiger partial charge in [0, 0.05) is 0 Å². The summed E-state index contributed by atoms with van der Waals surface area (Å²) in [5, 5.41) is 3.22. The molecule has 0 spiro atoms. The summed E-state index contributed by atoms with van der Waals surface area (Å²) in [5.41, 5.74) is 0.0677. The molecule has 0 unspecified atom stereocenters. The summed E-state index contributed by atoms with van der Waals surface area (Å²) in [5.74, 6) is 0. The van der Waals surface area contributed by atoms with Crippen LogP contribution in [0.2, 0.25) is 0 Å². The fourth-order valence-corrected chi connectivity index (χ4v) is 1.10. The highest BCUT2D eigenvalue weighted by atomic mass is 16.7. The molecule has 0 amide bonds. The van der Waals surface area contributed by atoms with Crippen LogP contribution in [-0.4, -0.2) is 32.6 Å². The molecule has 1 heterocycles. The molecule has 10 heavy (non-hydrogen) atoms. The van der Waals surface area contributed by atoms with Crippen molar-refractivity contribution in [2.24, 2.45) is 0 Å². The van der Waals surface area contributed by atoms with Gasteiger partial charge in [0.05, 0.1) is 18.8 Å². The summed E-state index contributed by atoms with van der Waals surface area (Å²) in [4.78, 5) is 0. The van der Waals surface area contributed by atoms with Crippen LogP contribution in [0.4, 0.5) is 0 Å². The molecule has 1 saturated heterocycles. The van der Waals surface area contributed by atoms with Crippen LogP contribution >= 0.6 is 0 Å². The molecule has 1 N–H and O–H groups in total. The molecule has 1 aliphatic heterocycles. The lowest BCUT2D eigenvalue weighted by Crippen LogP contribution is -2.53. The maximum Gasteiger partial charge on any atom is 0.146 e. The van der Waals surface area contributed by atoms with Gasteiger partial charge in [0.1, 0.15) is 6.79 Å². The van der Waals surface area contributed by atoms with E-state index in [1.807, 2.05) is 7.05 Å². The quantitative estimate of drug-likeness (QED) is 0.608. The average molecular weight is 145 g/mol. The van der Waals surface area contributed by atoms with E-state index in [1.54, 1.807) is 0 Å². The third kappa shape index (κ3) is 1.48. The second-order valence-electron chi connectivity index (χ2n) is 2.70. The van der Waals surface area contributed by atoms with Crippen molar-refractivity contribution in [1.29, 1.82) is 0 Å². The predicted molar refractivity (Wildman–Crippen MR) is 38.9 cm³/mol. The molecule has 60 valence electrons. The van der Waals surface area contributed by atoms with Crippen LogP contribution < -0.4 is 5.32 Å². The van der Waals surface area contributed by atoms with Crippen molar-refractivity contribution >= 4 is 0 Å². The summed E-state index contributed by atoms with van der Waals surface area (Å²) >= 11 is 0. The normalized spacial score (nSPS) is 24.6. The third-order valence-corrected chi connectivity index (χ3v) is 2.13. The van der Waals surface area contributed by atoms with Crippen LogP contribution in [0.25, 0.3) is 0 Å². The molecule has 0 aliphatic carbocycles. The van der Waals surface area contributed by atoms with Gasteiger partial charge in [0.2, 0.25) is 0 Å². The van der Waals surface area contributed by atoms with E-state index in [0.29, 0.717) is 6.79 Å². The number of nitrogens with one attached hydrogen (secondary N) is 1. The van der Waals surface area contributed by atoms with Gasteiger partial charge in [0.25, 0.3) is 0 Å². The van der Waals surface area contributed by atoms with Crippen molar-refractivity contribution in [3.05, 3.63) is 0 Å². The molecule has 1 fully saturated rings. The van der Waals surface area contributed by atoms with E-state index >= 15 is 0 Å². The number of rotatable bonds is 2. The van der Waals surface area contributed by atoms with Gasteiger partial charge in [0.15, 0.2) is 0 Å². The lowest BCUT2D eigenvalue weighted by Gasteiger charge is -2.35. The first kappa shape index (κ1) is 7.98. The Balaban J connectivity index is 2.44. The zero-order valence-electron chi connectivity index (χ0n) is 6.64. The Morgan fingerprint density at radius 1 is 1.40 bits per heavy atom. The molecule has 3 heteroatoms. The van der Waals surface area contributed by atoms with Crippen LogP contribution in [0, 0.1) is 0 Å². The second kappa shape index (κ2) is 3.32. The standard InChI is InChI=1S/C7H15NO2/c1-3-7(8-2)4-9-6-10-5-7/h8H,3-6H2,1-2H3. The van der Waals surface area contributed by atoms with Gasteiger partial charge in [-0.3, -0.25) is 0 Å². The van der Waals surface area contributed by atoms with Crippen molar-refractivity contribution in [2.75, 3.05) is 27.1 Å². The molecule has 0 saturated carbocycles. The molecular formula is C7H15NO2. The number of ether oxygens (including phenoxy) is 2. The minimum Gasteiger partial charge on any atom is -0.353 e. The first-order valence-corrected chi connectivity index (χ1v) is 3.67.